The second-order valence-electron chi connectivity index (χ2n) is 7.67. The molecule has 0 aromatic heterocycles. The number of hydrogen-bond acceptors (Lipinski definition) is 3. The topological polar surface area (TPSA) is 48.9 Å². The molecule has 2 fully saturated rings. The van der Waals surface area contributed by atoms with Crippen molar-refractivity contribution in [3.05, 3.63) is 35.4 Å². The van der Waals surface area contributed by atoms with Crippen LogP contribution in [0.1, 0.15) is 43.7 Å². The molecule has 2 aliphatic heterocycles. The van der Waals surface area contributed by atoms with Gasteiger partial charge in [0.2, 0.25) is 0 Å². The van der Waals surface area contributed by atoms with Gasteiger partial charge in [0.25, 0.3) is 0 Å². The Labute approximate surface area is 158 Å². The Bertz CT molecular complexity index is 575. The molecule has 144 valence electrons. The standard InChI is InChI=1S/C21H34N4O/c1-17-9-11-25(12-10-17)16-19-7-4-3-6-18(19)14-23-21(22-2)24-15-20-8-5-13-26-20/h3-4,6-7,17,20H,5,8-16H2,1-2H3,(H2,22,23,24). The third-order valence-corrected chi connectivity index (χ3v) is 5.58. The Balaban J connectivity index is 1.50. The molecule has 1 atom stereocenters. The van der Waals surface area contributed by atoms with E-state index in [1.807, 2.05) is 7.05 Å². The minimum atomic E-state index is 0.322. The predicted octanol–water partition coefficient (Wildman–Crippen LogP) is 2.76. The van der Waals surface area contributed by atoms with Gasteiger partial charge in [-0.05, 0) is 55.8 Å². The second-order valence-corrected chi connectivity index (χ2v) is 7.67. The summed E-state index contributed by atoms with van der Waals surface area (Å²) in [5, 5.41) is 6.85. The van der Waals surface area contributed by atoms with Crippen molar-refractivity contribution in [3.63, 3.8) is 0 Å². The molecule has 2 heterocycles. The normalized spacial score (nSPS) is 22.5. The van der Waals surface area contributed by atoms with Crippen LogP contribution in [0.15, 0.2) is 29.3 Å². The predicted molar refractivity (Wildman–Crippen MR) is 107 cm³/mol. The number of hydrogen-bond donors (Lipinski definition) is 2. The van der Waals surface area contributed by atoms with Gasteiger partial charge >= 0.3 is 0 Å². The van der Waals surface area contributed by atoms with Gasteiger partial charge in [-0.2, -0.15) is 0 Å². The summed E-state index contributed by atoms with van der Waals surface area (Å²) in [5.74, 6) is 1.73. The zero-order valence-corrected chi connectivity index (χ0v) is 16.3. The smallest absolute Gasteiger partial charge is 0.191 e. The van der Waals surface area contributed by atoms with Gasteiger partial charge < -0.3 is 15.4 Å². The number of nitrogens with one attached hydrogen (secondary N) is 2. The first-order valence-electron chi connectivity index (χ1n) is 10.1. The number of rotatable bonds is 6. The van der Waals surface area contributed by atoms with Crippen LogP contribution in [0.4, 0.5) is 0 Å². The van der Waals surface area contributed by atoms with Gasteiger partial charge in [0.1, 0.15) is 0 Å². The molecule has 0 aliphatic carbocycles. The number of piperidine rings is 1. The summed E-state index contributed by atoms with van der Waals surface area (Å²) in [4.78, 5) is 6.93. The maximum atomic E-state index is 5.67. The molecule has 0 spiro atoms. The van der Waals surface area contributed by atoms with Gasteiger partial charge in [0.15, 0.2) is 5.96 Å². The first kappa shape index (κ1) is 19.2. The van der Waals surface area contributed by atoms with Gasteiger partial charge in [0.05, 0.1) is 6.10 Å². The molecule has 2 N–H and O–H groups in total. The van der Waals surface area contributed by atoms with Crippen molar-refractivity contribution in [1.82, 2.24) is 15.5 Å². The van der Waals surface area contributed by atoms with Crippen LogP contribution in [0, 0.1) is 5.92 Å². The number of likely N-dealkylation sites (tertiary alicyclic amines) is 1. The summed E-state index contributed by atoms with van der Waals surface area (Å²) in [6.07, 6.45) is 5.27. The van der Waals surface area contributed by atoms with Crippen molar-refractivity contribution < 1.29 is 4.74 Å². The maximum absolute atomic E-state index is 5.67. The summed E-state index contributed by atoms with van der Waals surface area (Å²) in [7, 11) is 1.83. The van der Waals surface area contributed by atoms with Crippen LogP contribution in [-0.2, 0) is 17.8 Å². The first-order valence-corrected chi connectivity index (χ1v) is 10.1. The Kier molecular flexibility index (Phi) is 7.32. The minimum Gasteiger partial charge on any atom is -0.376 e. The fourth-order valence-electron chi connectivity index (χ4n) is 3.76. The van der Waals surface area contributed by atoms with Crippen molar-refractivity contribution in [2.24, 2.45) is 10.9 Å². The Hall–Kier alpha value is -1.59. The molecular formula is C21H34N4O. The van der Waals surface area contributed by atoms with E-state index in [1.54, 1.807) is 0 Å². The van der Waals surface area contributed by atoms with Crippen molar-refractivity contribution in [2.75, 3.05) is 33.3 Å². The molecule has 26 heavy (non-hydrogen) atoms. The Morgan fingerprint density at radius 3 is 2.62 bits per heavy atom. The average Bonchev–Trinajstić information content (AvgIpc) is 3.18. The van der Waals surface area contributed by atoms with Crippen LogP contribution in [0.25, 0.3) is 0 Å². The lowest BCUT2D eigenvalue weighted by Crippen LogP contribution is -2.40. The van der Waals surface area contributed by atoms with Crippen LogP contribution in [-0.4, -0.2) is 50.3 Å². The summed E-state index contributed by atoms with van der Waals surface area (Å²) in [5.41, 5.74) is 2.77. The second kappa shape index (κ2) is 9.93. The van der Waals surface area contributed by atoms with Crippen LogP contribution in [0.5, 0.6) is 0 Å². The quantitative estimate of drug-likeness (QED) is 0.606. The highest BCUT2D eigenvalue weighted by molar-refractivity contribution is 5.79. The fraction of sp³-hybridized carbons (Fsp3) is 0.667. The number of nitrogens with zero attached hydrogens (tertiary/aromatic N) is 2. The molecule has 0 amide bonds. The zero-order valence-electron chi connectivity index (χ0n) is 16.3. The molecule has 0 bridgehead atoms. The molecule has 0 radical (unpaired) electrons. The van der Waals surface area contributed by atoms with Crippen LogP contribution < -0.4 is 10.6 Å². The van der Waals surface area contributed by atoms with E-state index in [1.165, 1.54) is 43.5 Å². The highest BCUT2D eigenvalue weighted by Gasteiger charge is 2.17. The van der Waals surface area contributed by atoms with E-state index < -0.39 is 0 Å². The maximum Gasteiger partial charge on any atom is 0.191 e. The Morgan fingerprint density at radius 2 is 1.92 bits per heavy atom. The van der Waals surface area contributed by atoms with E-state index in [2.05, 4.69) is 51.7 Å². The largest absolute Gasteiger partial charge is 0.376 e. The molecule has 2 aliphatic rings. The lowest BCUT2D eigenvalue weighted by atomic mass is 9.98. The molecule has 5 heteroatoms. The molecule has 5 nitrogen and oxygen atoms in total. The van der Waals surface area contributed by atoms with Crippen molar-refractivity contribution in [1.29, 1.82) is 0 Å². The summed E-state index contributed by atoms with van der Waals surface area (Å²) < 4.78 is 5.67. The molecular weight excluding hydrogens is 324 g/mol. The minimum absolute atomic E-state index is 0.322. The summed E-state index contributed by atoms with van der Waals surface area (Å²) in [6, 6.07) is 8.76. The van der Waals surface area contributed by atoms with Gasteiger partial charge in [-0.3, -0.25) is 9.89 Å². The molecule has 1 aromatic rings. The van der Waals surface area contributed by atoms with E-state index in [0.29, 0.717) is 6.10 Å². The van der Waals surface area contributed by atoms with E-state index >= 15 is 0 Å². The first-order chi connectivity index (χ1) is 12.7. The van der Waals surface area contributed by atoms with E-state index in [4.69, 9.17) is 4.74 Å². The third kappa shape index (κ3) is 5.71. The summed E-state index contributed by atoms with van der Waals surface area (Å²) >= 11 is 0. The number of aliphatic imine (C=N–C) groups is 1. The molecule has 2 saturated heterocycles. The van der Waals surface area contributed by atoms with Crippen LogP contribution in [0.3, 0.4) is 0 Å². The number of guanidine groups is 1. The average molecular weight is 359 g/mol. The van der Waals surface area contributed by atoms with Crippen molar-refractivity contribution >= 4 is 5.96 Å². The lowest BCUT2D eigenvalue weighted by Gasteiger charge is -2.30. The summed E-state index contributed by atoms with van der Waals surface area (Å²) in [6.45, 7) is 8.36. The van der Waals surface area contributed by atoms with E-state index in [-0.39, 0.29) is 0 Å². The SMILES string of the molecule is CN=C(NCc1ccccc1CN1CCC(C)CC1)NCC1CCCO1. The van der Waals surface area contributed by atoms with Crippen LogP contribution in [0.2, 0.25) is 0 Å². The monoisotopic (exact) mass is 358 g/mol. The van der Waals surface area contributed by atoms with Crippen molar-refractivity contribution in [3.8, 4) is 0 Å². The lowest BCUT2D eigenvalue weighted by molar-refractivity contribution is 0.114. The van der Waals surface area contributed by atoms with E-state index in [9.17, 15) is 0 Å². The molecule has 3 rings (SSSR count). The van der Waals surface area contributed by atoms with Gasteiger partial charge in [-0.1, -0.05) is 31.2 Å². The fourth-order valence-corrected chi connectivity index (χ4v) is 3.76. The highest BCUT2D eigenvalue weighted by Crippen LogP contribution is 2.19. The van der Waals surface area contributed by atoms with Crippen molar-refractivity contribution in [2.45, 2.75) is 51.8 Å². The van der Waals surface area contributed by atoms with Gasteiger partial charge in [0, 0.05) is 33.3 Å². The van der Waals surface area contributed by atoms with Gasteiger partial charge in [-0.25, -0.2) is 0 Å². The zero-order chi connectivity index (χ0) is 18.2. The van der Waals surface area contributed by atoms with Crippen LogP contribution >= 0.6 is 0 Å². The van der Waals surface area contributed by atoms with E-state index in [0.717, 1.165) is 44.5 Å². The molecule has 1 unspecified atom stereocenters. The Morgan fingerprint density at radius 1 is 1.15 bits per heavy atom. The molecule has 1 aromatic carbocycles. The number of ether oxygens (including phenoxy) is 1. The number of benzene rings is 1. The highest BCUT2D eigenvalue weighted by atomic mass is 16.5. The molecule has 0 saturated carbocycles. The third-order valence-electron chi connectivity index (χ3n) is 5.58. The van der Waals surface area contributed by atoms with Gasteiger partial charge in [-0.15, -0.1) is 0 Å².